The molecule has 18 heavy (non-hydrogen) atoms. The molecule has 96 valence electrons. The predicted octanol–water partition coefficient (Wildman–Crippen LogP) is 4.14. The Morgan fingerprint density at radius 3 is 2.83 bits per heavy atom. The molecule has 0 bridgehead atoms. The summed E-state index contributed by atoms with van der Waals surface area (Å²) in [6, 6.07) is 8.59. The van der Waals surface area contributed by atoms with Crippen molar-refractivity contribution in [2.45, 2.75) is 51.7 Å². The van der Waals surface area contributed by atoms with Crippen LogP contribution in [0.15, 0.2) is 24.3 Å². The molecule has 1 aromatic heterocycles. The average molecular weight is 243 g/mol. The maximum Gasteiger partial charge on any atom is 0.105 e. The van der Waals surface area contributed by atoms with Crippen LogP contribution in [0.5, 0.6) is 0 Å². The Balaban J connectivity index is 2.22. The van der Waals surface area contributed by atoms with Crippen molar-refractivity contribution in [3.05, 3.63) is 35.5 Å². The molecule has 2 nitrogen and oxygen atoms in total. The number of hydrogen-bond donors (Lipinski definition) is 1. The molecule has 0 saturated carbocycles. The third-order valence-corrected chi connectivity index (χ3v) is 4.33. The van der Waals surface area contributed by atoms with E-state index in [1.807, 2.05) is 0 Å². The van der Waals surface area contributed by atoms with E-state index in [0.29, 0.717) is 6.10 Å². The molecule has 0 amide bonds. The molecule has 0 fully saturated rings. The topological polar surface area (TPSA) is 25.0 Å². The van der Waals surface area contributed by atoms with Crippen LogP contribution in [0.1, 0.15) is 44.9 Å². The van der Waals surface area contributed by atoms with Gasteiger partial charge in [-0.2, -0.15) is 0 Å². The van der Waals surface area contributed by atoms with E-state index in [2.05, 4.69) is 50.0 Å². The molecule has 1 aliphatic rings. The van der Waals surface area contributed by atoms with Gasteiger partial charge in [-0.3, -0.25) is 0 Å². The van der Waals surface area contributed by atoms with Crippen molar-refractivity contribution < 1.29 is 4.74 Å². The van der Waals surface area contributed by atoms with Crippen LogP contribution in [0, 0.1) is 0 Å². The normalized spacial score (nSPS) is 27.4. The molecule has 2 unspecified atom stereocenters. The van der Waals surface area contributed by atoms with Crippen LogP contribution in [-0.2, 0) is 16.8 Å². The van der Waals surface area contributed by atoms with E-state index >= 15 is 0 Å². The predicted molar refractivity (Wildman–Crippen MR) is 74.8 cm³/mol. The fourth-order valence-electron chi connectivity index (χ4n) is 3.05. The number of nitrogens with one attached hydrogen (secondary N) is 1. The van der Waals surface area contributed by atoms with Gasteiger partial charge in [-0.25, -0.2) is 0 Å². The average Bonchev–Trinajstić information content (AvgIpc) is 2.78. The van der Waals surface area contributed by atoms with E-state index < -0.39 is 0 Å². The molecule has 0 radical (unpaired) electrons. The highest BCUT2D eigenvalue weighted by atomic mass is 16.5. The second-order valence-corrected chi connectivity index (χ2v) is 5.46. The van der Waals surface area contributed by atoms with Crippen LogP contribution < -0.4 is 0 Å². The van der Waals surface area contributed by atoms with Gasteiger partial charge in [0.05, 0.1) is 11.8 Å². The van der Waals surface area contributed by atoms with Crippen molar-refractivity contribution in [2.24, 2.45) is 0 Å². The van der Waals surface area contributed by atoms with Crippen LogP contribution >= 0.6 is 0 Å². The van der Waals surface area contributed by atoms with E-state index in [-0.39, 0.29) is 5.60 Å². The van der Waals surface area contributed by atoms with Gasteiger partial charge >= 0.3 is 0 Å². The summed E-state index contributed by atoms with van der Waals surface area (Å²) in [5, 5.41) is 1.37. The van der Waals surface area contributed by atoms with Crippen molar-refractivity contribution in [2.75, 3.05) is 0 Å². The molecule has 2 atom stereocenters. The van der Waals surface area contributed by atoms with Gasteiger partial charge in [-0.05, 0) is 31.4 Å². The molecule has 2 heterocycles. The van der Waals surface area contributed by atoms with Gasteiger partial charge in [0.15, 0.2) is 0 Å². The van der Waals surface area contributed by atoms with E-state index in [1.54, 1.807) is 0 Å². The molecule has 0 saturated heterocycles. The molecule has 1 aliphatic heterocycles. The SMILES string of the molecule is CCC1Cc2c([nH]c3ccccc23)C(C)(CC)O1. The monoisotopic (exact) mass is 243 g/mol. The molecule has 2 aromatic rings. The van der Waals surface area contributed by atoms with E-state index in [0.717, 1.165) is 19.3 Å². The summed E-state index contributed by atoms with van der Waals surface area (Å²) in [6.45, 7) is 6.62. The minimum Gasteiger partial charge on any atom is -0.366 e. The maximum atomic E-state index is 6.30. The highest BCUT2D eigenvalue weighted by molar-refractivity contribution is 5.85. The summed E-state index contributed by atoms with van der Waals surface area (Å²) >= 11 is 0. The van der Waals surface area contributed by atoms with Crippen molar-refractivity contribution in [1.29, 1.82) is 0 Å². The zero-order chi connectivity index (χ0) is 12.8. The highest BCUT2D eigenvalue weighted by Gasteiger charge is 2.37. The number of rotatable bonds is 2. The molecule has 1 N–H and O–H groups in total. The van der Waals surface area contributed by atoms with Gasteiger partial charge in [0, 0.05) is 17.3 Å². The first-order valence-corrected chi connectivity index (χ1v) is 6.95. The lowest BCUT2D eigenvalue weighted by atomic mass is 9.88. The lowest BCUT2D eigenvalue weighted by molar-refractivity contribution is -0.104. The summed E-state index contributed by atoms with van der Waals surface area (Å²) in [7, 11) is 0. The summed E-state index contributed by atoms with van der Waals surface area (Å²) in [5.41, 5.74) is 3.83. The van der Waals surface area contributed by atoms with Gasteiger partial charge in [0.1, 0.15) is 5.60 Å². The fraction of sp³-hybridized carbons (Fsp3) is 0.500. The highest BCUT2D eigenvalue weighted by Crippen LogP contribution is 2.41. The number of fused-ring (bicyclic) bond motifs is 3. The summed E-state index contributed by atoms with van der Waals surface area (Å²) in [6.07, 6.45) is 3.46. The lowest BCUT2D eigenvalue weighted by Crippen LogP contribution is -2.37. The summed E-state index contributed by atoms with van der Waals surface area (Å²) in [5.74, 6) is 0. The second kappa shape index (κ2) is 4.13. The molecule has 0 spiro atoms. The second-order valence-electron chi connectivity index (χ2n) is 5.46. The number of para-hydroxylation sites is 1. The standard InChI is InChI=1S/C16H21NO/c1-4-11-10-13-12-8-6-7-9-14(12)17-15(13)16(3,5-2)18-11/h6-9,11,17H,4-5,10H2,1-3H3. The van der Waals surface area contributed by atoms with E-state index in [1.165, 1.54) is 22.2 Å². The minimum atomic E-state index is -0.159. The van der Waals surface area contributed by atoms with Crippen LogP contribution in [0.4, 0.5) is 0 Å². The van der Waals surface area contributed by atoms with Crippen LogP contribution in [0.25, 0.3) is 10.9 Å². The maximum absolute atomic E-state index is 6.30. The van der Waals surface area contributed by atoms with Crippen LogP contribution in [0.2, 0.25) is 0 Å². The molecule has 0 aliphatic carbocycles. The number of ether oxygens (including phenoxy) is 1. The number of aromatic amines is 1. The first kappa shape index (κ1) is 11.8. The zero-order valence-corrected chi connectivity index (χ0v) is 11.4. The first-order chi connectivity index (χ1) is 8.68. The molecule has 3 rings (SSSR count). The summed E-state index contributed by atoms with van der Waals surface area (Å²) < 4.78 is 6.30. The Hall–Kier alpha value is -1.28. The van der Waals surface area contributed by atoms with Crippen molar-refractivity contribution >= 4 is 10.9 Å². The quantitative estimate of drug-likeness (QED) is 0.842. The van der Waals surface area contributed by atoms with Gasteiger partial charge in [-0.15, -0.1) is 0 Å². The van der Waals surface area contributed by atoms with E-state index in [9.17, 15) is 0 Å². The zero-order valence-electron chi connectivity index (χ0n) is 11.4. The fourth-order valence-corrected chi connectivity index (χ4v) is 3.05. The Bertz CT molecular complexity index is 571. The van der Waals surface area contributed by atoms with Crippen molar-refractivity contribution in [3.8, 4) is 0 Å². The number of hydrogen-bond acceptors (Lipinski definition) is 1. The third kappa shape index (κ3) is 1.59. The number of benzene rings is 1. The lowest BCUT2D eigenvalue weighted by Gasteiger charge is -2.38. The van der Waals surface area contributed by atoms with Gasteiger partial charge in [0.2, 0.25) is 0 Å². The Labute approximate surface area is 108 Å². The number of aromatic nitrogens is 1. The smallest absolute Gasteiger partial charge is 0.105 e. The van der Waals surface area contributed by atoms with Crippen molar-refractivity contribution in [1.82, 2.24) is 4.98 Å². The van der Waals surface area contributed by atoms with Gasteiger partial charge in [0.25, 0.3) is 0 Å². The van der Waals surface area contributed by atoms with Crippen LogP contribution in [0.3, 0.4) is 0 Å². The van der Waals surface area contributed by atoms with Gasteiger partial charge < -0.3 is 9.72 Å². The summed E-state index contributed by atoms with van der Waals surface area (Å²) in [4.78, 5) is 3.58. The first-order valence-electron chi connectivity index (χ1n) is 6.95. The Morgan fingerprint density at radius 2 is 2.11 bits per heavy atom. The number of H-pyrrole nitrogens is 1. The Morgan fingerprint density at radius 1 is 1.33 bits per heavy atom. The van der Waals surface area contributed by atoms with Crippen LogP contribution in [-0.4, -0.2) is 11.1 Å². The molecule has 1 aromatic carbocycles. The Kier molecular flexibility index (Phi) is 2.70. The van der Waals surface area contributed by atoms with Crippen molar-refractivity contribution in [3.63, 3.8) is 0 Å². The van der Waals surface area contributed by atoms with E-state index in [4.69, 9.17) is 4.74 Å². The minimum absolute atomic E-state index is 0.159. The third-order valence-electron chi connectivity index (χ3n) is 4.33. The van der Waals surface area contributed by atoms with Gasteiger partial charge in [-0.1, -0.05) is 32.0 Å². The molecular formula is C16H21NO. The largest absolute Gasteiger partial charge is 0.366 e. The molecular weight excluding hydrogens is 222 g/mol. The molecule has 2 heteroatoms.